The summed E-state index contributed by atoms with van der Waals surface area (Å²) in [4.78, 5) is 29.4. The molecule has 1 saturated heterocycles. The first-order valence-electron chi connectivity index (χ1n) is 15.9. The number of carbonyl (C=O) groups is 2. The van der Waals surface area contributed by atoms with Gasteiger partial charge in [-0.25, -0.2) is 9.78 Å². The van der Waals surface area contributed by atoms with Crippen molar-refractivity contribution >= 4 is 18.0 Å². The lowest BCUT2D eigenvalue weighted by atomic mass is 9.85. The van der Waals surface area contributed by atoms with E-state index < -0.39 is 36.0 Å². The summed E-state index contributed by atoms with van der Waals surface area (Å²) in [6.45, 7) is 11.4. The van der Waals surface area contributed by atoms with Crippen molar-refractivity contribution in [2.45, 2.75) is 103 Å². The molecule has 2 aliphatic heterocycles. The fourth-order valence-corrected chi connectivity index (χ4v) is 5.83. The van der Waals surface area contributed by atoms with Crippen molar-refractivity contribution < 1.29 is 43.2 Å². The number of aliphatic hydroxyl groups is 2. The van der Waals surface area contributed by atoms with Crippen molar-refractivity contribution in [2.75, 3.05) is 14.2 Å². The van der Waals surface area contributed by atoms with Crippen LogP contribution in [0.2, 0.25) is 0 Å². The fourth-order valence-electron chi connectivity index (χ4n) is 5.83. The van der Waals surface area contributed by atoms with Gasteiger partial charge in [0.1, 0.15) is 29.8 Å². The first-order chi connectivity index (χ1) is 21.8. The van der Waals surface area contributed by atoms with Crippen molar-refractivity contribution in [3.63, 3.8) is 0 Å². The molecule has 1 aromatic rings. The van der Waals surface area contributed by atoms with Gasteiger partial charge in [0.25, 0.3) is 0 Å². The molecule has 0 saturated carbocycles. The summed E-state index contributed by atoms with van der Waals surface area (Å²) < 4.78 is 27.9. The predicted octanol–water partition coefficient (Wildman–Crippen LogP) is 5.44. The third-order valence-electron chi connectivity index (χ3n) is 8.95. The molecule has 0 aliphatic carbocycles. The van der Waals surface area contributed by atoms with Gasteiger partial charge in [-0.2, -0.15) is 0 Å². The SMILES string of the molecule is COC(=O)C[C@@H]1CC=CC(=O)O[C@@H]([C@H](C)[C@@H](OC)C(C)=CC=CC(C)=Cc2coc(C)n2)C[C@H](O)[C@]2(C)O[C@@H]2C=C[C@@H](C)[C@H](O)C1. The van der Waals surface area contributed by atoms with Crippen molar-refractivity contribution in [3.05, 3.63) is 71.5 Å². The second kappa shape index (κ2) is 17.0. The Kier molecular flexibility index (Phi) is 13.7. The molecule has 0 amide bonds. The van der Waals surface area contributed by atoms with E-state index >= 15 is 0 Å². The van der Waals surface area contributed by atoms with Gasteiger partial charge in [0.05, 0.1) is 25.4 Å². The first kappa shape index (κ1) is 37.2. The van der Waals surface area contributed by atoms with E-state index in [4.69, 9.17) is 23.4 Å². The highest BCUT2D eigenvalue weighted by Crippen LogP contribution is 2.43. The third-order valence-corrected chi connectivity index (χ3v) is 8.95. The Morgan fingerprint density at radius 2 is 1.96 bits per heavy atom. The molecule has 0 spiro atoms. The Bertz CT molecular complexity index is 1320. The van der Waals surface area contributed by atoms with Crippen LogP contribution in [0.5, 0.6) is 0 Å². The van der Waals surface area contributed by atoms with Crippen molar-refractivity contribution in [1.29, 1.82) is 0 Å². The van der Waals surface area contributed by atoms with Crippen molar-refractivity contribution in [3.8, 4) is 0 Å². The molecule has 3 heterocycles. The number of oxazole rings is 1. The van der Waals surface area contributed by atoms with Crippen molar-refractivity contribution in [2.24, 2.45) is 17.8 Å². The Labute approximate surface area is 272 Å². The molecule has 0 aromatic carbocycles. The minimum absolute atomic E-state index is 0.115. The molecule has 0 unspecified atom stereocenters. The molecule has 254 valence electrons. The smallest absolute Gasteiger partial charge is 0.330 e. The molecule has 0 radical (unpaired) electrons. The number of cyclic esters (lactones) is 1. The van der Waals surface area contributed by atoms with Gasteiger partial charge in [-0.15, -0.1) is 0 Å². The summed E-state index contributed by atoms with van der Waals surface area (Å²) in [7, 11) is 2.94. The number of aryl methyl sites for hydroxylation is 1. The van der Waals surface area contributed by atoms with E-state index in [-0.39, 0.29) is 42.7 Å². The quantitative estimate of drug-likeness (QED) is 0.155. The Morgan fingerprint density at radius 1 is 1.22 bits per heavy atom. The Hall–Kier alpha value is -3.31. The number of rotatable bonds is 9. The zero-order chi connectivity index (χ0) is 34.0. The molecule has 1 aromatic heterocycles. The lowest BCUT2D eigenvalue weighted by molar-refractivity contribution is -0.150. The van der Waals surface area contributed by atoms with Crippen LogP contribution < -0.4 is 0 Å². The molecule has 2 N–H and O–H groups in total. The van der Waals surface area contributed by atoms with Crippen LogP contribution in [0.15, 0.2) is 64.4 Å². The molecular weight excluding hydrogens is 590 g/mol. The maximum absolute atomic E-state index is 13.1. The lowest BCUT2D eigenvalue weighted by Crippen LogP contribution is -2.41. The molecule has 2 aliphatic rings. The minimum Gasteiger partial charge on any atom is -0.469 e. The van der Waals surface area contributed by atoms with Crippen LogP contribution >= 0.6 is 0 Å². The standard InChI is InChI=1S/C36H51NO9/c1-22(17-28-21-44-26(5)37-28)11-9-12-24(3)35(43-8)25(4)30-20-31(39)36(6)32(46-36)16-15-23(2)29(38)18-27(19-34(41)42-7)13-10-14-33(40)45-30/h9-12,14-17,21,23,25,27,29-32,35,38-39H,13,18-20H2,1-8H3/t23-,25+,27-,29-,30-,31+,32-,35+,36+/m1/s1. The van der Waals surface area contributed by atoms with E-state index in [0.717, 1.165) is 16.8 Å². The van der Waals surface area contributed by atoms with Crippen LogP contribution in [-0.4, -0.2) is 77.5 Å². The molecule has 46 heavy (non-hydrogen) atoms. The summed E-state index contributed by atoms with van der Waals surface area (Å²) in [5.41, 5.74) is 1.78. The van der Waals surface area contributed by atoms with E-state index in [0.29, 0.717) is 18.7 Å². The fraction of sp³-hybridized carbons (Fsp3) is 0.583. The van der Waals surface area contributed by atoms with E-state index in [2.05, 4.69) is 4.98 Å². The number of ether oxygens (including phenoxy) is 4. The Balaban J connectivity index is 1.82. The maximum Gasteiger partial charge on any atom is 0.330 e. The van der Waals surface area contributed by atoms with Crippen LogP contribution in [0.4, 0.5) is 0 Å². The number of esters is 2. The second-order valence-electron chi connectivity index (χ2n) is 12.7. The summed E-state index contributed by atoms with van der Waals surface area (Å²) in [5.74, 6) is -1.11. The van der Waals surface area contributed by atoms with E-state index in [9.17, 15) is 19.8 Å². The highest BCUT2D eigenvalue weighted by atomic mass is 16.6. The van der Waals surface area contributed by atoms with Crippen LogP contribution in [0.25, 0.3) is 6.08 Å². The number of nitrogens with zero attached hydrogens (tertiary/aromatic N) is 1. The minimum atomic E-state index is -0.932. The summed E-state index contributed by atoms with van der Waals surface area (Å²) >= 11 is 0. The van der Waals surface area contributed by atoms with Gasteiger partial charge < -0.3 is 33.6 Å². The summed E-state index contributed by atoms with van der Waals surface area (Å²) in [5, 5.41) is 22.2. The zero-order valence-electron chi connectivity index (χ0n) is 28.3. The first-order valence-corrected chi connectivity index (χ1v) is 15.9. The number of aliphatic hydroxyl groups excluding tert-OH is 2. The average molecular weight is 642 g/mol. The number of methoxy groups -OCH3 is 2. The van der Waals surface area contributed by atoms with Gasteiger partial charge in [-0.1, -0.05) is 50.3 Å². The number of aromatic nitrogens is 1. The molecule has 9 atom stereocenters. The molecule has 0 bridgehead atoms. The van der Waals surface area contributed by atoms with Gasteiger partial charge in [0, 0.05) is 44.8 Å². The lowest BCUT2D eigenvalue weighted by Gasteiger charge is -2.32. The van der Waals surface area contributed by atoms with Gasteiger partial charge >= 0.3 is 11.9 Å². The van der Waals surface area contributed by atoms with Gasteiger partial charge in [-0.3, -0.25) is 4.79 Å². The summed E-state index contributed by atoms with van der Waals surface area (Å²) in [6.07, 6.45) is 14.0. The van der Waals surface area contributed by atoms with Gasteiger partial charge in [0.15, 0.2) is 5.89 Å². The number of hydrogen-bond acceptors (Lipinski definition) is 10. The highest BCUT2D eigenvalue weighted by molar-refractivity contribution is 5.82. The van der Waals surface area contributed by atoms with Crippen LogP contribution in [0.3, 0.4) is 0 Å². The van der Waals surface area contributed by atoms with Gasteiger partial charge in [0.2, 0.25) is 0 Å². The monoisotopic (exact) mass is 641 g/mol. The van der Waals surface area contributed by atoms with E-state index in [1.807, 2.05) is 71.1 Å². The zero-order valence-corrected chi connectivity index (χ0v) is 28.3. The summed E-state index contributed by atoms with van der Waals surface area (Å²) in [6, 6.07) is 0. The predicted molar refractivity (Wildman–Crippen MR) is 174 cm³/mol. The van der Waals surface area contributed by atoms with Crippen molar-refractivity contribution in [1.82, 2.24) is 4.98 Å². The molecule has 10 nitrogen and oxygen atoms in total. The van der Waals surface area contributed by atoms with Crippen LogP contribution in [-0.2, 0) is 28.5 Å². The average Bonchev–Trinajstić information content (AvgIpc) is 3.51. The maximum atomic E-state index is 13.1. The van der Waals surface area contributed by atoms with Crippen LogP contribution in [0.1, 0.15) is 71.9 Å². The van der Waals surface area contributed by atoms with Gasteiger partial charge in [-0.05, 0) is 56.8 Å². The topological polar surface area (TPSA) is 141 Å². The number of fused-ring (bicyclic) bond motifs is 1. The molecule has 10 heteroatoms. The second-order valence-corrected chi connectivity index (χ2v) is 12.7. The highest BCUT2D eigenvalue weighted by Gasteiger charge is 2.57. The van der Waals surface area contributed by atoms with E-state index in [1.165, 1.54) is 13.2 Å². The van der Waals surface area contributed by atoms with Crippen LogP contribution in [0, 0.1) is 24.7 Å². The number of carbonyl (C=O) groups excluding carboxylic acids is 2. The number of hydrogen-bond donors (Lipinski definition) is 2. The number of epoxide rings is 1. The normalized spacial score (nSPS) is 31.3. The van der Waals surface area contributed by atoms with E-state index in [1.54, 1.807) is 26.4 Å². The largest absolute Gasteiger partial charge is 0.469 e. The molecular formula is C36H51NO9. The third kappa shape index (κ3) is 10.6. The number of allylic oxidation sites excluding steroid dienone is 5. The molecule has 3 rings (SSSR count). The molecule has 1 fully saturated rings. The Morgan fingerprint density at radius 3 is 2.61 bits per heavy atom.